The van der Waals surface area contributed by atoms with Crippen molar-refractivity contribution in [2.75, 3.05) is 19.3 Å². The molecule has 19 heavy (non-hydrogen) atoms. The molecule has 1 atom stereocenters. The number of aliphatic carboxylic acids is 1. The molecule has 0 aromatic carbocycles. The van der Waals surface area contributed by atoms with E-state index in [1.807, 2.05) is 0 Å². The highest BCUT2D eigenvalue weighted by Gasteiger charge is 2.19. The molecule has 2 amide bonds. The zero-order valence-electron chi connectivity index (χ0n) is 11.3. The first-order chi connectivity index (χ1) is 8.61. The summed E-state index contributed by atoms with van der Waals surface area (Å²) in [5.41, 5.74) is 0. The molecule has 0 saturated carbocycles. The van der Waals surface area contributed by atoms with Crippen LogP contribution in [0.25, 0.3) is 0 Å². The van der Waals surface area contributed by atoms with Gasteiger partial charge in [0.05, 0.1) is 12.7 Å². The second kappa shape index (κ2) is 7.95. The number of urea groups is 1. The van der Waals surface area contributed by atoms with Gasteiger partial charge in [0.2, 0.25) is 10.0 Å². The SMILES string of the molecule is CC(C)C(CC(=O)O)NC(=O)NCCNS(C)(=O)=O. The van der Waals surface area contributed by atoms with Crippen LogP contribution in [0.2, 0.25) is 0 Å². The van der Waals surface area contributed by atoms with Crippen LogP contribution in [0, 0.1) is 5.92 Å². The van der Waals surface area contributed by atoms with Crippen molar-refractivity contribution in [1.82, 2.24) is 15.4 Å². The van der Waals surface area contributed by atoms with Crippen LogP contribution >= 0.6 is 0 Å². The van der Waals surface area contributed by atoms with E-state index in [1.54, 1.807) is 13.8 Å². The number of sulfonamides is 1. The van der Waals surface area contributed by atoms with Crippen LogP contribution in [-0.4, -0.2) is 50.9 Å². The van der Waals surface area contributed by atoms with E-state index >= 15 is 0 Å². The number of hydrogen-bond acceptors (Lipinski definition) is 4. The number of carbonyl (C=O) groups excluding carboxylic acids is 1. The fourth-order valence-corrected chi connectivity index (χ4v) is 1.75. The maximum atomic E-state index is 11.5. The molecule has 0 aliphatic heterocycles. The molecule has 8 nitrogen and oxygen atoms in total. The monoisotopic (exact) mass is 295 g/mol. The molecule has 0 rings (SSSR count). The van der Waals surface area contributed by atoms with Crippen LogP contribution in [0.1, 0.15) is 20.3 Å². The summed E-state index contributed by atoms with van der Waals surface area (Å²) < 4.78 is 23.7. The van der Waals surface area contributed by atoms with Crippen molar-refractivity contribution in [2.45, 2.75) is 26.3 Å². The summed E-state index contributed by atoms with van der Waals surface area (Å²) in [5, 5.41) is 13.7. The Morgan fingerprint density at radius 1 is 1.21 bits per heavy atom. The van der Waals surface area contributed by atoms with Crippen LogP contribution in [0.15, 0.2) is 0 Å². The standard InChI is InChI=1S/C10H21N3O5S/c1-7(2)8(6-9(14)15)13-10(16)11-4-5-12-19(3,17)18/h7-8,12H,4-6H2,1-3H3,(H,14,15)(H2,11,13,16). The predicted molar refractivity (Wildman–Crippen MR) is 70.3 cm³/mol. The van der Waals surface area contributed by atoms with Gasteiger partial charge in [0, 0.05) is 19.1 Å². The van der Waals surface area contributed by atoms with Gasteiger partial charge in [-0.05, 0) is 5.92 Å². The third kappa shape index (κ3) is 10.3. The summed E-state index contributed by atoms with van der Waals surface area (Å²) in [4.78, 5) is 22.1. The van der Waals surface area contributed by atoms with Gasteiger partial charge in [0.25, 0.3) is 0 Å². The minimum atomic E-state index is -3.27. The zero-order valence-corrected chi connectivity index (χ0v) is 12.1. The van der Waals surface area contributed by atoms with Crippen molar-refractivity contribution >= 4 is 22.0 Å². The van der Waals surface area contributed by atoms with Gasteiger partial charge in [0.1, 0.15) is 0 Å². The summed E-state index contributed by atoms with van der Waals surface area (Å²) in [6, 6.07) is -0.990. The smallest absolute Gasteiger partial charge is 0.315 e. The maximum absolute atomic E-state index is 11.5. The van der Waals surface area contributed by atoms with E-state index in [2.05, 4.69) is 15.4 Å². The molecule has 9 heteroatoms. The maximum Gasteiger partial charge on any atom is 0.315 e. The van der Waals surface area contributed by atoms with Gasteiger partial charge in [0.15, 0.2) is 0 Å². The fraction of sp³-hybridized carbons (Fsp3) is 0.800. The number of nitrogens with one attached hydrogen (secondary N) is 3. The van der Waals surface area contributed by atoms with Crippen LogP contribution in [-0.2, 0) is 14.8 Å². The van der Waals surface area contributed by atoms with Crippen LogP contribution in [0.5, 0.6) is 0 Å². The summed E-state index contributed by atoms with van der Waals surface area (Å²) in [7, 11) is -3.27. The number of rotatable bonds is 8. The number of carboxylic acid groups (broad SMARTS) is 1. The molecule has 4 N–H and O–H groups in total. The van der Waals surface area contributed by atoms with E-state index in [0.717, 1.165) is 6.26 Å². The van der Waals surface area contributed by atoms with Crippen LogP contribution in [0.4, 0.5) is 4.79 Å². The zero-order chi connectivity index (χ0) is 15.1. The van der Waals surface area contributed by atoms with Crippen molar-refractivity contribution in [2.24, 2.45) is 5.92 Å². The lowest BCUT2D eigenvalue weighted by molar-refractivity contribution is -0.137. The number of hydrogen-bond donors (Lipinski definition) is 4. The number of carbonyl (C=O) groups is 2. The lowest BCUT2D eigenvalue weighted by Gasteiger charge is -2.20. The second-order valence-electron chi connectivity index (χ2n) is 4.52. The molecule has 0 fully saturated rings. The van der Waals surface area contributed by atoms with Gasteiger partial charge in [-0.25, -0.2) is 17.9 Å². The van der Waals surface area contributed by atoms with Gasteiger partial charge in [-0.3, -0.25) is 4.79 Å². The fourth-order valence-electron chi connectivity index (χ4n) is 1.27. The van der Waals surface area contributed by atoms with Gasteiger partial charge in [-0.1, -0.05) is 13.8 Å². The molecule has 0 aliphatic rings. The highest BCUT2D eigenvalue weighted by Crippen LogP contribution is 2.05. The molecule has 0 bridgehead atoms. The average Bonchev–Trinajstić information content (AvgIpc) is 2.21. The van der Waals surface area contributed by atoms with Gasteiger partial charge in [-0.2, -0.15) is 0 Å². The lowest BCUT2D eigenvalue weighted by atomic mass is 10.0. The molecule has 1 unspecified atom stereocenters. The largest absolute Gasteiger partial charge is 0.481 e. The Balaban J connectivity index is 4.03. The molecule has 0 saturated heterocycles. The summed E-state index contributed by atoms with van der Waals surface area (Å²) >= 11 is 0. The minimum absolute atomic E-state index is 0.0176. The van der Waals surface area contributed by atoms with Gasteiger partial charge >= 0.3 is 12.0 Å². The molecule has 112 valence electrons. The summed E-state index contributed by atoms with van der Waals surface area (Å²) in [5.74, 6) is -1.01. The average molecular weight is 295 g/mol. The number of carboxylic acids is 1. The molecule has 0 spiro atoms. The first-order valence-corrected chi connectivity index (χ1v) is 7.71. The molecular weight excluding hydrogens is 274 g/mol. The Bertz CT molecular complexity index is 407. The predicted octanol–water partition coefficient (Wildman–Crippen LogP) is -0.666. The van der Waals surface area contributed by atoms with E-state index in [1.165, 1.54) is 0 Å². The van der Waals surface area contributed by atoms with Crippen molar-refractivity contribution in [3.05, 3.63) is 0 Å². The first kappa shape index (κ1) is 17.6. The lowest BCUT2D eigenvalue weighted by Crippen LogP contribution is -2.47. The van der Waals surface area contributed by atoms with Gasteiger partial charge < -0.3 is 15.7 Å². The number of amides is 2. The van der Waals surface area contributed by atoms with Crippen molar-refractivity contribution in [3.8, 4) is 0 Å². The third-order valence-corrected chi connectivity index (χ3v) is 3.02. The molecular formula is C10H21N3O5S. The summed E-state index contributed by atoms with van der Waals surface area (Å²) in [6.07, 6.45) is 0.863. The van der Waals surface area contributed by atoms with E-state index in [-0.39, 0.29) is 25.4 Å². The van der Waals surface area contributed by atoms with E-state index in [0.29, 0.717) is 0 Å². The van der Waals surface area contributed by atoms with E-state index in [9.17, 15) is 18.0 Å². The van der Waals surface area contributed by atoms with Crippen molar-refractivity contribution in [1.29, 1.82) is 0 Å². The van der Waals surface area contributed by atoms with E-state index < -0.39 is 28.1 Å². The Morgan fingerprint density at radius 2 is 1.79 bits per heavy atom. The molecule has 0 radical (unpaired) electrons. The Kier molecular flexibility index (Phi) is 7.38. The van der Waals surface area contributed by atoms with Crippen molar-refractivity contribution in [3.63, 3.8) is 0 Å². The quantitative estimate of drug-likeness (QED) is 0.442. The Hall–Kier alpha value is -1.35. The second-order valence-corrected chi connectivity index (χ2v) is 6.35. The van der Waals surface area contributed by atoms with E-state index in [4.69, 9.17) is 5.11 Å². The van der Waals surface area contributed by atoms with Gasteiger partial charge in [-0.15, -0.1) is 0 Å². The molecule has 0 aromatic rings. The Morgan fingerprint density at radius 3 is 2.21 bits per heavy atom. The third-order valence-electron chi connectivity index (χ3n) is 2.29. The molecule has 0 heterocycles. The molecule has 0 aliphatic carbocycles. The Labute approximate surface area is 113 Å². The summed E-state index contributed by atoms with van der Waals surface area (Å²) in [6.45, 7) is 3.81. The minimum Gasteiger partial charge on any atom is -0.481 e. The highest BCUT2D eigenvalue weighted by atomic mass is 32.2. The molecule has 0 aromatic heterocycles. The first-order valence-electron chi connectivity index (χ1n) is 5.82. The van der Waals surface area contributed by atoms with Crippen LogP contribution in [0.3, 0.4) is 0 Å². The van der Waals surface area contributed by atoms with Crippen LogP contribution < -0.4 is 15.4 Å². The highest BCUT2D eigenvalue weighted by molar-refractivity contribution is 7.88. The normalized spacial score (nSPS) is 13.1. The topological polar surface area (TPSA) is 125 Å². The van der Waals surface area contributed by atoms with Crippen molar-refractivity contribution < 1.29 is 23.1 Å².